The molecule has 2 heterocycles. The first-order chi connectivity index (χ1) is 18.9. The summed E-state index contributed by atoms with van der Waals surface area (Å²) >= 11 is 0. The van der Waals surface area contributed by atoms with Crippen LogP contribution in [-0.4, -0.2) is 58.0 Å². The number of hydrogen-bond acceptors (Lipinski definition) is 7. The minimum Gasteiger partial charge on any atom is -0.478 e. The van der Waals surface area contributed by atoms with Crippen molar-refractivity contribution < 1.29 is 14.7 Å². The van der Waals surface area contributed by atoms with Crippen LogP contribution >= 0.6 is 0 Å². The fourth-order valence-electron chi connectivity index (χ4n) is 4.57. The first-order valence-corrected chi connectivity index (χ1v) is 12.8. The summed E-state index contributed by atoms with van der Waals surface area (Å²) in [5.41, 5.74) is 5.97. The molecule has 0 spiro atoms. The average Bonchev–Trinajstić information content (AvgIpc) is 2.94. The largest absolute Gasteiger partial charge is 0.478 e. The highest BCUT2D eigenvalue weighted by Gasteiger charge is 2.17. The highest BCUT2D eigenvalue weighted by molar-refractivity contribution is 5.89. The summed E-state index contributed by atoms with van der Waals surface area (Å²) in [5, 5.41) is 15.1. The number of nitrogens with one attached hydrogen (secondary N) is 2. The Bertz CT molecular complexity index is 1430. The third-order valence-electron chi connectivity index (χ3n) is 6.62. The van der Waals surface area contributed by atoms with Gasteiger partial charge in [-0.15, -0.1) is 0 Å². The molecule has 0 aliphatic carbocycles. The second-order valence-corrected chi connectivity index (χ2v) is 9.46. The SMILES string of the molecule is CC(=O)Nc1ccc(-c2ccnc(Nc3ccc(N4CCN(Cc5ccc(C(=O)O)cc5)CC4)cc3)n2)cc1. The third kappa shape index (κ3) is 6.77. The highest BCUT2D eigenvalue weighted by Crippen LogP contribution is 2.24. The van der Waals surface area contributed by atoms with E-state index in [9.17, 15) is 9.59 Å². The molecule has 9 heteroatoms. The molecule has 9 nitrogen and oxygen atoms in total. The molecule has 1 saturated heterocycles. The molecule has 0 radical (unpaired) electrons. The lowest BCUT2D eigenvalue weighted by Gasteiger charge is -2.36. The maximum atomic E-state index is 11.2. The van der Waals surface area contributed by atoms with Gasteiger partial charge in [0.25, 0.3) is 0 Å². The highest BCUT2D eigenvalue weighted by atomic mass is 16.4. The predicted molar refractivity (Wildman–Crippen MR) is 152 cm³/mol. The molecular formula is C30H30N6O3. The van der Waals surface area contributed by atoms with E-state index in [2.05, 4.69) is 42.5 Å². The van der Waals surface area contributed by atoms with Crippen LogP contribution in [0.2, 0.25) is 0 Å². The van der Waals surface area contributed by atoms with Crippen LogP contribution in [0.3, 0.4) is 0 Å². The monoisotopic (exact) mass is 522 g/mol. The van der Waals surface area contributed by atoms with Crippen molar-refractivity contribution in [1.82, 2.24) is 14.9 Å². The lowest BCUT2D eigenvalue weighted by Crippen LogP contribution is -2.45. The minimum atomic E-state index is -0.899. The zero-order valence-electron chi connectivity index (χ0n) is 21.7. The van der Waals surface area contributed by atoms with Crippen molar-refractivity contribution in [3.8, 4) is 11.3 Å². The van der Waals surface area contributed by atoms with E-state index in [4.69, 9.17) is 5.11 Å². The van der Waals surface area contributed by atoms with Crippen LogP contribution in [0.15, 0.2) is 85.1 Å². The van der Waals surface area contributed by atoms with Gasteiger partial charge in [0.05, 0.1) is 11.3 Å². The fraction of sp³-hybridized carbons (Fsp3) is 0.200. The molecule has 1 aliphatic rings. The maximum absolute atomic E-state index is 11.2. The number of aromatic nitrogens is 2. The topological polar surface area (TPSA) is 111 Å². The molecular weight excluding hydrogens is 492 g/mol. The predicted octanol–water partition coefficient (Wildman–Crippen LogP) is 4.87. The summed E-state index contributed by atoms with van der Waals surface area (Å²) < 4.78 is 0. The minimum absolute atomic E-state index is 0.105. The molecule has 39 heavy (non-hydrogen) atoms. The molecule has 1 amide bonds. The summed E-state index contributed by atoms with van der Waals surface area (Å²) in [6, 6.07) is 24.8. The summed E-state index contributed by atoms with van der Waals surface area (Å²) in [6.07, 6.45) is 1.72. The van der Waals surface area contributed by atoms with Gasteiger partial charge in [0.1, 0.15) is 0 Å². The van der Waals surface area contributed by atoms with Gasteiger partial charge in [-0.1, -0.05) is 24.3 Å². The number of aromatic carboxylic acids is 1. The molecule has 0 atom stereocenters. The molecule has 1 aromatic heterocycles. The second-order valence-electron chi connectivity index (χ2n) is 9.46. The van der Waals surface area contributed by atoms with E-state index < -0.39 is 5.97 Å². The second kappa shape index (κ2) is 11.7. The molecule has 5 rings (SSSR count). The first-order valence-electron chi connectivity index (χ1n) is 12.8. The van der Waals surface area contributed by atoms with Crippen LogP contribution in [0, 0.1) is 0 Å². The molecule has 0 bridgehead atoms. The van der Waals surface area contributed by atoms with Crippen molar-refractivity contribution in [3.63, 3.8) is 0 Å². The number of nitrogens with zero attached hydrogens (tertiary/aromatic N) is 4. The van der Waals surface area contributed by atoms with Crippen molar-refractivity contribution in [3.05, 3.63) is 96.2 Å². The Balaban J connectivity index is 1.15. The number of hydrogen-bond donors (Lipinski definition) is 3. The number of piperazine rings is 1. The van der Waals surface area contributed by atoms with E-state index in [1.165, 1.54) is 12.6 Å². The quantitative estimate of drug-likeness (QED) is 0.301. The Morgan fingerprint density at radius 2 is 1.51 bits per heavy atom. The van der Waals surface area contributed by atoms with Crippen LogP contribution in [0.1, 0.15) is 22.8 Å². The first kappa shape index (κ1) is 25.9. The Kier molecular flexibility index (Phi) is 7.79. The van der Waals surface area contributed by atoms with E-state index in [1.807, 2.05) is 54.6 Å². The van der Waals surface area contributed by atoms with Crippen LogP contribution < -0.4 is 15.5 Å². The normalized spacial score (nSPS) is 13.6. The Hall–Kier alpha value is -4.76. The molecule has 1 fully saturated rings. The van der Waals surface area contributed by atoms with E-state index in [1.54, 1.807) is 18.3 Å². The van der Waals surface area contributed by atoms with Gasteiger partial charge in [0, 0.05) is 68.5 Å². The number of benzene rings is 3. The van der Waals surface area contributed by atoms with Gasteiger partial charge in [0.15, 0.2) is 0 Å². The summed E-state index contributed by atoms with van der Waals surface area (Å²) in [7, 11) is 0. The lowest BCUT2D eigenvalue weighted by atomic mass is 10.1. The maximum Gasteiger partial charge on any atom is 0.335 e. The summed E-state index contributed by atoms with van der Waals surface area (Å²) in [6.45, 7) is 6.02. The number of carbonyl (C=O) groups excluding carboxylic acids is 1. The van der Waals surface area contributed by atoms with Gasteiger partial charge in [-0.05, 0) is 60.2 Å². The van der Waals surface area contributed by atoms with Gasteiger partial charge in [-0.3, -0.25) is 9.69 Å². The van der Waals surface area contributed by atoms with E-state index >= 15 is 0 Å². The smallest absolute Gasteiger partial charge is 0.335 e. The van der Waals surface area contributed by atoms with Crippen LogP contribution in [0.25, 0.3) is 11.3 Å². The van der Waals surface area contributed by atoms with E-state index in [-0.39, 0.29) is 5.91 Å². The Labute approximate surface area is 227 Å². The molecule has 0 unspecified atom stereocenters. The van der Waals surface area contributed by atoms with Crippen molar-refractivity contribution in [1.29, 1.82) is 0 Å². The van der Waals surface area contributed by atoms with Crippen molar-refractivity contribution in [2.45, 2.75) is 13.5 Å². The Morgan fingerprint density at radius 1 is 0.846 bits per heavy atom. The fourth-order valence-corrected chi connectivity index (χ4v) is 4.57. The molecule has 1 aliphatic heterocycles. The van der Waals surface area contributed by atoms with Crippen LogP contribution in [0.5, 0.6) is 0 Å². The van der Waals surface area contributed by atoms with E-state index in [0.717, 1.165) is 60.9 Å². The number of amides is 1. The summed E-state index contributed by atoms with van der Waals surface area (Å²) in [4.78, 5) is 36.1. The number of carboxylic acids is 1. The van der Waals surface area contributed by atoms with E-state index in [0.29, 0.717) is 11.5 Å². The number of anilines is 4. The standard InChI is InChI=1S/C30H30N6O3/c1-21(37)32-25-8-6-23(7-9-25)28-14-15-31-30(34-28)33-26-10-12-27(13-11-26)36-18-16-35(17-19-36)20-22-2-4-24(5-3-22)29(38)39/h2-15H,16-20H2,1H3,(H,32,37)(H,38,39)(H,31,33,34). The Morgan fingerprint density at radius 3 is 2.15 bits per heavy atom. The van der Waals surface area contributed by atoms with Crippen molar-refractivity contribution >= 4 is 34.9 Å². The van der Waals surface area contributed by atoms with Crippen molar-refractivity contribution in [2.24, 2.45) is 0 Å². The van der Waals surface area contributed by atoms with Crippen LogP contribution in [-0.2, 0) is 11.3 Å². The molecule has 4 aromatic rings. The van der Waals surface area contributed by atoms with Gasteiger partial charge in [0.2, 0.25) is 11.9 Å². The molecule has 0 saturated carbocycles. The summed E-state index contributed by atoms with van der Waals surface area (Å²) in [5.74, 6) is -0.494. The molecule has 198 valence electrons. The number of carboxylic acid groups (broad SMARTS) is 1. The lowest BCUT2D eigenvalue weighted by molar-refractivity contribution is -0.114. The zero-order chi connectivity index (χ0) is 27.2. The van der Waals surface area contributed by atoms with Crippen LogP contribution in [0.4, 0.5) is 23.0 Å². The van der Waals surface area contributed by atoms with Gasteiger partial charge >= 0.3 is 5.97 Å². The average molecular weight is 523 g/mol. The van der Waals surface area contributed by atoms with Gasteiger partial charge in [-0.2, -0.15) is 0 Å². The number of rotatable bonds is 8. The number of carbonyl (C=O) groups is 2. The third-order valence-corrected chi connectivity index (χ3v) is 6.62. The zero-order valence-corrected chi connectivity index (χ0v) is 21.7. The van der Waals surface area contributed by atoms with Crippen molar-refractivity contribution in [2.75, 3.05) is 41.7 Å². The van der Waals surface area contributed by atoms with Gasteiger partial charge < -0.3 is 20.6 Å². The molecule has 3 N–H and O–H groups in total. The molecule has 3 aromatic carbocycles. The van der Waals surface area contributed by atoms with Gasteiger partial charge in [-0.25, -0.2) is 14.8 Å².